The van der Waals surface area contributed by atoms with Crippen molar-refractivity contribution in [3.8, 4) is 46.4 Å². The molecule has 258 valence electrons. The van der Waals surface area contributed by atoms with Crippen LogP contribution in [-0.4, -0.2) is 24.1 Å². The number of aromatic nitrogens is 5. The van der Waals surface area contributed by atoms with Gasteiger partial charge in [-0.1, -0.05) is 54.6 Å². The Morgan fingerprint density at radius 2 is 1.02 bits per heavy atom. The number of pyridine rings is 3. The van der Waals surface area contributed by atoms with Crippen LogP contribution in [0.2, 0.25) is 0 Å². The summed E-state index contributed by atoms with van der Waals surface area (Å²) in [5.74, 6) is 1.40. The highest BCUT2D eigenvalue weighted by Crippen LogP contribution is 2.63. The maximum absolute atomic E-state index is 9.88. The smallest absolute Gasteiger partial charge is 0.156 e. The average Bonchev–Trinajstić information content (AvgIpc) is 3.87. The molecule has 0 unspecified atom stereocenters. The molecule has 8 nitrogen and oxygen atoms in total. The summed E-state index contributed by atoms with van der Waals surface area (Å²) in [6.07, 6.45) is 7.33. The Labute approximate surface area is 319 Å². The molecule has 6 heterocycles. The minimum absolute atomic E-state index is 0.587. The highest BCUT2D eigenvalue weighted by molar-refractivity contribution is 6.11. The molecule has 0 fully saturated rings. The molecule has 5 aromatic carbocycles. The summed E-state index contributed by atoms with van der Waals surface area (Å²) in [5.41, 5.74) is 11.5. The summed E-state index contributed by atoms with van der Waals surface area (Å²) in [6, 6.07) is 47.7. The molecule has 56 heavy (non-hydrogen) atoms. The molecular weight excluding hydrogens is 691 g/mol. The summed E-state index contributed by atoms with van der Waals surface area (Å²) in [4.78, 5) is 14.5. The van der Waals surface area contributed by atoms with Crippen molar-refractivity contribution in [3.05, 3.63) is 186 Å². The Morgan fingerprint density at radius 3 is 1.62 bits per heavy atom. The van der Waals surface area contributed by atoms with E-state index in [1.807, 2.05) is 85.3 Å². The van der Waals surface area contributed by atoms with Crippen LogP contribution >= 0.6 is 0 Å². The van der Waals surface area contributed by atoms with Crippen molar-refractivity contribution >= 4 is 43.6 Å². The molecule has 0 radical (unpaired) electrons. The first-order valence-electron chi connectivity index (χ1n) is 18.3. The van der Waals surface area contributed by atoms with E-state index >= 15 is 0 Å². The Balaban J connectivity index is 1.25. The van der Waals surface area contributed by atoms with E-state index in [4.69, 9.17) is 14.7 Å². The monoisotopic (exact) mass is 715 g/mol. The van der Waals surface area contributed by atoms with Crippen LogP contribution in [0.5, 0.6) is 11.5 Å². The number of hydrogen-bond acceptors (Lipinski definition) is 6. The molecule has 0 N–H and O–H groups in total. The van der Waals surface area contributed by atoms with Crippen LogP contribution < -0.4 is 4.74 Å². The molecule has 1 aliphatic heterocycles. The molecule has 12 rings (SSSR count). The zero-order chi connectivity index (χ0) is 37.1. The SMILES string of the molecule is N#Cc1ccc2c(c1)c1ccccc1n2-c1cccc2c1Oc1c(-n3c4ccc(C#N)cc4c4ccncc43)cccc1C21c2cccnc2-c2ncccc21. The van der Waals surface area contributed by atoms with Gasteiger partial charge in [0, 0.05) is 51.3 Å². The Bertz CT molecular complexity index is 3220. The summed E-state index contributed by atoms with van der Waals surface area (Å²) < 4.78 is 11.9. The van der Waals surface area contributed by atoms with Crippen molar-refractivity contribution in [2.45, 2.75) is 5.41 Å². The van der Waals surface area contributed by atoms with E-state index in [0.29, 0.717) is 22.6 Å². The topological polar surface area (TPSA) is 105 Å². The maximum Gasteiger partial charge on any atom is 0.156 e. The molecule has 10 aromatic rings. The predicted octanol–water partition coefficient (Wildman–Crippen LogP) is 10.3. The van der Waals surface area contributed by atoms with Crippen LogP contribution in [0.25, 0.3) is 66.4 Å². The third kappa shape index (κ3) is 3.72. The van der Waals surface area contributed by atoms with Crippen LogP contribution in [0.1, 0.15) is 33.4 Å². The Hall–Kier alpha value is -8.07. The third-order valence-corrected chi connectivity index (χ3v) is 11.6. The highest BCUT2D eigenvalue weighted by Gasteiger charge is 2.53. The summed E-state index contributed by atoms with van der Waals surface area (Å²) in [6.45, 7) is 0. The highest BCUT2D eigenvalue weighted by atomic mass is 16.5. The van der Waals surface area contributed by atoms with Crippen molar-refractivity contribution in [2.24, 2.45) is 0 Å². The van der Waals surface area contributed by atoms with Crippen LogP contribution in [0.15, 0.2) is 152 Å². The van der Waals surface area contributed by atoms with Crippen molar-refractivity contribution < 1.29 is 4.74 Å². The lowest BCUT2D eigenvalue weighted by Gasteiger charge is -2.40. The molecule has 0 amide bonds. The number of benzene rings is 5. The lowest BCUT2D eigenvalue weighted by molar-refractivity contribution is 0.433. The van der Waals surface area contributed by atoms with Crippen molar-refractivity contribution in [2.75, 3.05) is 0 Å². The fourth-order valence-electron chi connectivity index (χ4n) is 9.47. The average molecular weight is 716 g/mol. The first kappa shape index (κ1) is 30.4. The summed E-state index contributed by atoms with van der Waals surface area (Å²) >= 11 is 0. The second-order valence-electron chi connectivity index (χ2n) is 14.2. The second-order valence-corrected chi connectivity index (χ2v) is 14.2. The van der Waals surface area contributed by atoms with E-state index in [2.05, 4.69) is 86.9 Å². The van der Waals surface area contributed by atoms with E-state index in [-0.39, 0.29) is 0 Å². The summed E-state index contributed by atoms with van der Waals surface area (Å²) in [5, 5.41) is 23.7. The molecule has 0 bridgehead atoms. The van der Waals surface area contributed by atoms with Crippen molar-refractivity contribution in [1.82, 2.24) is 24.1 Å². The van der Waals surface area contributed by atoms with Gasteiger partial charge in [0.05, 0.1) is 79.7 Å². The van der Waals surface area contributed by atoms with Crippen LogP contribution in [0, 0.1) is 22.7 Å². The zero-order valence-corrected chi connectivity index (χ0v) is 29.5. The largest absolute Gasteiger partial charge is 0.452 e. The quantitative estimate of drug-likeness (QED) is 0.176. The molecule has 0 saturated carbocycles. The van der Waals surface area contributed by atoms with Crippen molar-refractivity contribution in [3.63, 3.8) is 0 Å². The Morgan fingerprint density at radius 1 is 0.482 bits per heavy atom. The van der Waals surface area contributed by atoms with Gasteiger partial charge in [-0.05, 0) is 83.9 Å². The minimum Gasteiger partial charge on any atom is -0.452 e. The number of rotatable bonds is 2. The van der Waals surface area contributed by atoms with Gasteiger partial charge in [-0.15, -0.1) is 0 Å². The van der Waals surface area contributed by atoms with Crippen LogP contribution in [0.3, 0.4) is 0 Å². The number of ether oxygens (including phenoxy) is 1. The summed E-state index contributed by atoms with van der Waals surface area (Å²) in [7, 11) is 0. The lowest BCUT2D eigenvalue weighted by atomic mass is 9.66. The molecular formula is C48H25N7O. The van der Waals surface area contributed by atoms with E-state index in [0.717, 1.165) is 88.6 Å². The number of nitrogens with zero attached hydrogens (tertiary/aromatic N) is 7. The number of fused-ring (bicyclic) bond motifs is 15. The molecule has 8 heteroatoms. The number of para-hydroxylation sites is 3. The fraction of sp³-hybridized carbons (Fsp3) is 0.0208. The van der Waals surface area contributed by atoms with Gasteiger partial charge in [-0.2, -0.15) is 10.5 Å². The van der Waals surface area contributed by atoms with Crippen molar-refractivity contribution in [1.29, 1.82) is 10.5 Å². The van der Waals surface area contributed by atoms with Gasteiger partial charge < -0.3 is 13.9 Å². The second kappa shape index (κ2) is 11.0. The third-order valence-electron chi connectivity index (χ3n) is 11.6. The molecule has 0 saturated heterocycles. The van der Waals surface area contributed by atoms with E-state index < -0.39 is 5.41 Å². The first-order valence-corrected chi connectivity index (χ1v) is 18.3. The van der Waals surface area contributed by atoms with Gasteiger partial charge >= 0.3 is 0 Å². The van der Waals surface area contributed by atoms with Gasteiger partial charge in [0.25, 0.3) is 0 Å². The van der Waals surface area contributed by atoms with E-state index in [9.17, 15) is 10.5 Å². The van der Waals surface area contributed by atoms with Gasteiger partial charge in [0.1, 0.15) is 0 Å². The standard InChI is InChI=1S/C48H25N7O/c49-25-28-15-17-39-32(23-28)30-7-1-2-12-38(30)54(39)41-13-3-8-36-46(41)56-47-37(48(36)34-10-5-20-52-44(34)45-35(48)11-6-21-53-45)9-4-14-42(47)55-40-18-16-29(26-50)24-33(40)31-19-22-51-27-43(31)55/h1-24,27H. The molecule has 0 atom stereocenters. The molecule has 1 aliphatic carbocycles. The minimum atomic E-state index is -0.847. The number of nitriles is 2. The lowest BCUT2D eigenvalue weighted by Crippen LogP contribution is -2.33. The van der Waals surface area contributed by atoms with E-state index in [1.165, 1.54) is 0 Å². The zero-order valence-electron chi connectivity index (χ0n) is 29.5. The Kier molecular flexibility index (Phi) is 5.96. The first-order chi connectivity index (χ1) is 27.7. The molecule has 1 spiro atoms. The molecule has 5 aromatic heterocycles. The van der Waals surface area contributed by atoms with Gasteiger partial charge in [0.2, 0.25) is 0 Å². The van der Waals surface area contributed by atoms with Gasteiger partial charge in [0.15, 0.2) is 11.5 Å². The van der Waals surface area contributed by atoms with Gasteiger partial charge in [-0.3, -0.25) is 15.0 Å². The number of hydrogen-bond donors (Lipinski definition) is 0. The van der Waals surface area contributed by atoms with E-state index in [1.54, 1.807) is 6.20 Å². The predicted molar refractivity (Wildman–Crippen MR) is 215 cm³/mol. The fourth-order valence-corrected chi connectivity index (χ4v) is 9.47. The normalized spacial score (nSPS) is 13.2. The maximum atomic E-state index is 9.88. The molecule has 2 aliphatic rings. The van der Waals surface area contributed by atoms with Gasteiger partial charge in [-0.25, -0.2) is 0 Å². The van der Waals surface area contributed by atoms with Crippen LogP contribution in [0.4, 0.5) is 0 Å². The van der Waals surface area contributed by atoms with Crippen LogP contribution in [-0.2, 0) is 5.41 Å².